The van der Waals surface area contributed by atoms with Crippen LogP contribution in [-0.2, 0) is 0 Å². The molecule has 1 aliphatic heterocycles. The summed E-state index contributed by atoms with van der Waals surface area (Å²) in [5.74, 6) is 0.586. The van der Waals surface area contributed by atoms with Gasteiger partial charge in [-0.3, -0.25) is 5.01 Å². The van der Waals surface area contributed by atoms with Gasteiger partial charge in [0.15, 0.2) is 11.5 Å². The van der Waals surface area contributed by atoms with E-state index in [-0.39, 0.29) is 5.75 Å². The molecule has 154 valence electrons. The second kappa shape index (κ2) is 9.46. The molecular weight excluding hydrogens is 374 g/mol. The molecule has 5 nitrogen and oxygen atoms in total. The molecule has 0 amide bonds. The van der Waals surface area contributed by atoms with Gasteiger partial charge in [-0.05, 0) is 12.1 Å². The quantitative estimate of drug-likeness (QED) is 0.624. The van der Waals surface area contributed by atoms with Crippen LogP contribution in [0, 0.1) is 0 Å². The van der Waals surface area contributed by atoms with Gasteiger partial charge in [0.05, 0.1) is 39.5 Å². The number of nitrogens with zero attached hydrogens (tertiary/aromatic N) is 2. The molecule has 1 heterocycles. The number of quaternary nitrogens is 1. The Kier molecular flexibility index (Phi) is 6.30. The number of hydrazone groups is 1. The highest BCUT2D eigenvalue weighted by Crippen LogP contribution is 2.28. The minimum atomic E-state index is 0.126. The van der Waals surface area contributed by atoms with Crippen LogP contribution < -0.4 is 9.64 Å². The Bertz CT molecular complexity index is 929. The third kappa shape index (κ3) is 4.47. The highest BCUT2D eigenvalue weighted by Gasteiger charge is 2.29. The number of para-hydroxylation sites is 1. The van der Waals surface area contributed by atoms with Crippen molar-refractivity contribution in [1.29, 1.82) is 0 Å². The summed E-state index contributed by atoms with van der Waals surface area (Å²) in [6.45, 7) is 3.73. The predicted molar refractivity (Wildman–Crippen MR) is 119 cm³/mol. The Balaban J connectivity index is 1.46. The Labute approximate surface area is 177 Å². The summed E-state index contributed by atoms with van der Waals surface area (Å²) in [4.78, 5) is 1.54. The van der Waals surface area contributed by atoms with E-state index >= 15 is 0 Å². The standard InChI is InChI=1S/C25H27N3O2/c1-30-23-14-8-13-22(25(23)29)19-26-28-17-15-27(16-18-28)24(20-9-4-2-5-10-20)21-11-6-3-7-12-21/h2-14,19,24,29H,15-18H2,1H3/p+1/b26-19+. The van der Waals surface area contributed by atoms with Gasteiger partial charge < -0.3 is 14.7 Å². The molecule has 0 unspecified atom stereocenters. The van der Waals surface area contributed by atoms with Crippen molar-refractivity contribution in [2.45, 2.75) is 6.04 Å². The summed E-state index contributed by atoms with van der Waals surface area (Å²) in [5, 5.41) is 16.9. The SMILES string of the molecule is COc1cccc(/C=N/N2CC[NH+](C(c3ccccc3)c3ccccc3)CC2)c1O. The van der Waals surface area contributed by atoms with Crippen LogP contribution in [0.5, 0.6) is 11.5 Å². The topological polar surface area (TPSA) is 49.5 Å². The Morgan fingerprint density at radius 1 is 0.900 bits per heavy atom. The van der Waals surface area contributed by atoms with Gasteiger partial charge in [-0.2, -0.15) is 5.10 Å². The van der Waals surface area contributed by atoms with Gasteiger partial charge in [0.2, 0.25) is 0 Å². The first-order chi connectivity index (χ1) is 14.8. The van der Waals surface area contributed by atoms with E-state index in [1.54, 1.807) is 24.3 Å². The first kappa shape index (κ1) is 20.0. The highest BCUT2D eigenvalue weighted by molar-refractivity contribution is 5.84. The van der Waals surface area contributed by atoms with Crippen LogP contribution >= 0.6 is 0 Å². The van der Waals surface area contributed by atoms with E-state index in [2.05, 4.69) is 70.8 Å². The lowest BCUT2D eigenvalue weighted by Gasteiger charge is -2.36. The van der Waals surface area contributed by atoms with Gasteiger partial charge >= 0.3 is 0 Å². The van der Waals surface area contributed by atoms with Gasteiger partial charge in [0.25, 0.3) is 0 Å². The van der Waals surface area contributed by atoms with E-state index < -0.39 is 0 Å². The minimum Gasteiger partial charge on any atom is -0.504 e. The molecular formula is C25H28N3O2+. The molecule has 3 aromatic carbocycles. The van der Waals surface area contributed by atoms with E-state index in [0.29, 0.717) is 17.4 Å². The number of benzene rings is 3. The van der Waals surface area contributed by atoms with Gasteiger partial charge in [0, 0.05) is 16.7 Å². The lowest BCUT2D eigenvalue weighted by atomic mass is 9.96. The average Bonchev–Trinajstić information content (AvgIpc) is 2.81. The van der Waals surface area contributed by atoms with Crippen molar-refractivity contribution in [1.82, 2.24) is 5.01 Å². The molecule has 2 N–H and O–H groups in total. The largest absolute Gasteiger partial charge is 0.504 e. The second-order valence-electron chi connectivity index (χ2n) is 7.51. The minimum absolute atomic E-state index is 0.126. The van der Waals surface area contributed by atoms with Crippen LogP contribution in [0.2, 0.25) is 0 Å². The van der Waals surface area contributed by atoms with Crippen LogP contribution in [-0.4, -0.2) is 49.6 Å². The number of aromatic hydroxyl groups is 1. The molecule has 0 bridgehead atoms. The van der Waals surface area contributed by atoms with Gasteiger partial charge in [0.1, 0.15) is 6.04 Å². The maximum Gasteiger partial charge on any atom is 0.166 e. The normalized spacial score (nSPS) is 15.1. The lowest BCUT2D eigenvalue weighted by molar-refractivity contribution is -0.929. The second-order valence-corrected chi connectivity index (χ2v) is 7.51. The molecule has 1 fully saturated rings. The molecule has 0 aliphatic carbocycles. The number of hydrogen-bond donors (Lipinski definition) is 2. The van der Waals surface area contributed by atoms with Crippen LogP contribution in [0.1, 0.15) is 22.7 Å². The Morgan fingerprint density at radius 3 is 2.07 bits per heavy atom. The third-order valence-corrected chi connectivity index (χ3v) is 5.67. The van der Waals surface area contributed by atoms with Gasteiger partial charge in [-0.25, -0.2) is 0 Å². The molecule has 1 saturated heterocycles. The smallest absolute Gasteiger partial charge is 0.166 e. The fourth-order valence-corrected chi connectivity index (χ4v) is 4.09. The summed E-state index contributed by atoms with van der Waals surface area (Å²) in [5.41, 5.74) is 3.35. The van der Waals surface area contributed by atoms with Gasteiger partial charge in [-0.1, -0.05) is 66.7 Å². The fraction of sp³-hybridized carbons (Fsp3) is 0.240. The summed E-state index contributed by atoms with van der Waals surface area (Å²) >= 11 is 0. The monoisotopic (exact) mass is 402 g/mol. The molecule has 0 radical (unpaired) electrons. The number of phenols is 1. The van der Waals surface area contributed by atoms with E-state index in [1.807, 2.05) is 12.1 Å². The zero-order valence-corrected chi connectivity index (χ0v) is 17.2. The number of nitrogens with one attached hydrogen (secondary N) is 1. The molecule has 30 heavy (non-hydrogen) atoms. The van der Waals surface area contributed by atoms with E-state index in [0.717, 1.165) is 26.2 Å². The number of rotatable bonds is 6. The molecule has 0 spiro atoms. The van der Waals surface area contributed by atoms with Crippen LogP contribution in [0.4, 0.5) is 0 Å². The van der Waals surface area contributed by atoms with Crippen molar-refractivity contribution in [2.75, 3.05) is 33.3 Å². The van der Waals surface area contributed by atoms with Crippen molar-refractivity contribution in [2.24, 2.45) is 5.10 Å². The molecule has 1 aliphatic rings. The molecule has 0 saturated carbocycles. The maximum absolute atomic E-state index is 10.2. The van der Waals surface area contributed by atoms with Crippen LogP contribution in [0.15, 0.2) is 84.0 Å². The lowest BCUT2D eigenvalue weighted by Crippen LogP contribution is -3.15. The molecule has 0 aromatic heterocycles. The van der Waals surface area contributed by atoms with Gasteiger partial charge in [-0.15, -0.1) is 0 Å². The molecule has 3 aromatic rings. The number of methoxy groups -OCH3 is 1. The number of ether oxygens (including phenoxy) is 1. The zero-order valence-electron chi connectivity index (χ0n) is 17.2. The predicted octanol–water partition coefficient (Wildman–Crippen LogP) is 2.72. The van der Waals surface area contributed by atoms with Crippen molar-refractivity contribution in [3.8, 4) is 11.5 Å². The molecule has 5 heteroatoms. The van der Waals surface area contributed by atoms with Crippen LogP contribution in [0.25, 0.3) is 0 Å². The average molecular weight is 403 g/mol. The summed E-state index contributed by atoms with van der Waals surface area (Å²) in [6, 6.07) is 27.3. The third-order valence-electron chi connectivity index (χ3n) is 5.67. The summed E-state index contributed by atoms with van der Waals surface area (Å²) < 4.78 is 5.17. The number of phenolic OH excluding ortho intramolecular Hbond substituents is 1. The summed E-state index contributed by atoms with van der Waals surface area (Å²) in [7, 11) is 1.55. The first-order valence-corrected chi connectivity index (χ1v) is 10.4. The van der Waals surface area contributed by atoms with Crippen molar-refractivity contribution < 1.29 is 14.7 Å². The van der Waals surface area contributed by atoms with E-state index in [1.165, 1.54) is 11.1 Å². The van der Waals surface area contributed by atoms with Crippen LogP contribution in [0.3, 0.4) is 0 Å². The van der Waals surface area contributed by atoms with Crippen molar-refractivity contribution in [3.63, 3.8) is 0 Å². The number of hydrogen-bond acceptors (Lipinski definition) is 4. The fourth-order valence-electron chi connectivity index (χ4n) is 4.09. The molecule has 4 rings (SSSR count). The zero-order chi connectivity index (χ0) is 20.8. The Morgan fingerprint density at radius 2 is 1.50 bits per heavy atom. The van der Waals surface area contributed by atoms with E-state index in [4.69, 9.17) is 4.74 Å². The molecule has 0 atom stereocenters. The first-order valence-electron chi connectivity index (χ1n) is 10.4. The highest BCUT2D eigenvalue weighted by atomic mass is 16.5. The van der Waals surface area contributed by atoms with E-state index in [9.17, 15) is 5.11 Å². The summed E-state index contributed by atoms with van der Waals surface area (Å²) in [6.07, 6.45) is 1.72. The number of piperazine rings is 1. The van der Waals surface area contributed by atoms with Crippen molar-refractivity contribution >= 4 is 6.21 Å². The van der Waals surface area contributed by atoms with Crippen molar-refractivity contribution in [3.05, 3.63) is 95.6 Å². The maximum atomic E-state index is 10.2. The Hall–Kier alpha value is -3.31.